The molecule has 0 bridgehead atoms. The summed E-state index contributed by atoms with van der Waals surface area (Å²) in [5, 5.41) is 23.7. The molecule has 0 aliphatic carbocycles. The summed E-state index contributed by atoms with van der Waals surface area (Å²) in [5.74, 6) is 1.17. The van der Waals surface area contributed by atoms with Crippen molar-refractivity contribution < 1.29 is 14.4 Å². The van der Waals surface area contributed by atoms with E-state index in [1.807, 2.05) is 44.2 Å². The van der Waals surface area contributed by atoms with Gasteiger partial charge in [-0.05, 0) is 31.5 Å². The minimum Gasteiger partial charge on any atom is -0.394 e. The summed E-state index contributed by atoms with van der Waals surface area (Å²) in [6.45, 7) is 3.60. The lowest BCUT2D eigenvalue weighted by atomic mass is 10.0. The molecule has 4 aromatic heterocycles. The van der Waals surface area contributed by atoms with Crippen molar-refractivity contribution in [2.45, 2.75) is 25.4 Å². The molecule has 0 radical (unpaired) electrons. The van der Waals surface area contributed by atoms with E-state index < -0.39 is 11.6 Å². The van der Waals surface area contributed by atoms with Crippen LogP contribution in [0.5, 0.6) is 0 Å². The number of anilines is 3. The van der Waals surface area contributed by atoms with Crippen molar-refractivity contribution in [3.05, 3.63) is 90.1 Å². The normalized spacial score (nSPS) is 14.3. The van der Waals surface area contributed by atoms with Gasteiger partial charge in [-0.3, -0.25) is 9.78 Å². The smallest absolute Gasteiger partial charge is 0.261 e. The number of amides is 1. The number of nitrogens with one attached hydrogen (secondary N) is 3. The molecule has 0 saturated heterocycles. The number of hydrogen-bond donors (Lipinski definition) is 4. The lowest BCUT2D eigenvalue weighted by Crippen LogP contribution is -2.33. The maximum atomic E-state index is 12.2. The highest BCUT2D eigenvalue weighted by atomic mass is 16.5. The highest BCUT2D eigenvalue weighted by molar-refractivity contribution is 5.99. The van der Waals surface area contributed by atoms with Crippen molar-refractivity contribution in [2.75, 3.05) is 17.2 Å². The number of fused-ring (bicyclic) bond motifs is 1. The summed E-state index contributed by atoms with van der Waals surface area (Å²) in [4.78, 5) is 34.2. The minimum atomic E-state index is -0.621. The first-order valence-electron chi connectivity index (χ1n) is 12.6. The number of benzene rings is 1. The number of pyridine rings is 2. The van der Waals surface area contributed by atoms with Crippen LogP contribution >= 0.6 is 0 Å². The number of carbonyl (C=O) groups is 1. The molecule has 0 unspecified atom stereocenters. The van der Waals surface area contributed by atoms with Crippen LogP contribution in [0.4, 0.5) is 17.5 Å². The first kappa shape index (κ1) is 25.1. The van der Waals surface area contributed by atoms with Gasteiger partial charge in [0.15, 0.2) is 0 Å². The van der Waals surface area contributed by atoms with E-state index in [1.165, 1.54) is 6.20 Å². The Bertz CT molecular complexity index is 1670. The Labute approximate surface area is 229 Å². The van der Waals surface area contributed by atoms with E-state index in [0.717, 1.165) is 11.1 Å². The molecule has 1 amide bonds. The molecule has 5 heterocycles. The average Bonchev–Trinajstić information content (AvgIpc) is 3.55. The topological polar surface area (TPSA) is 164 Å². The minimum absolute atomic E-state index is 0.162. The summed E-state index contributed by atoms with van der Waals surface area (Å²) >= 11 is 0. The molecule has 200 valence electrons. The van der Waals surface area contributed by atoms with Gasteiger partial charge in [0.1, 0.15) is 5.82 Å². The van der Waals surface area contributed by atoms with Gasteiger partial charge in [-0.25, -0.2) is 15.0 Å². The predicted octanol–water partition coefficient (Wildman–Crippen LogP) is 3.85. The van der Waals surface area contributed by atoms with Crippen molar-refractivity contribution in [2.24, 2.45) is 0 Å². The largest absolute Gasteiger partial charge is 0.394 e. The molecular weight excluding hydrogens is 510 g/mol. The second kappa shape index (κ2) is 10.2. The quantitative estimate of drug-likeness (QED) is 0.228. The molecular formula is C28H25N9O3. The Balaban J connectivity index is 1.36. The third kappa shape index (κ3) is 4.83. The highest BCUT2D eigenvalue weighted by Crippen LogP contribution is 2.34. The zero-order valence-electron chi connectivity index (χ0n) is 21.7. The van der Waals surface area contributed by atoms with Gasteiger partial charge >= 0.3 is 0 Å². The average molecular weight is 536 g/mol. The highest BCUT2D eigenvalue weighted by Gasteiger charge is 2.37. The van der Waals surface area contributed by atoms with Crippen LogP contribution in [-0.2, 0) is 5.54 Å². The number of aromatic nitrogens is 6. The van der Waals surface area contributed by atoms with Gasteiger partial charge in [0.05, 0.1) is 40.7 Å². The maximum Gasteiger partial charge on any atom is 0.261 e. The maximum absolute atomic E-state index is 12.2. The number of nitrogens with zero attached hydrogens (tertiary/aromatic N) is 6. The number of hydrogen-bond acceptors (Lipinski definition) is 11. The van der Waals surface area contributed by atoms with Gasteiger partial charge in [0, 0.05) is 36.4 Å². The van der Waals surface area contributed by atoms with Crippen LogP contribution in [0.3, 0.4) is 0 Å². The van der Waals surface area contributed by atoms with Gasteiger partial charge in [-0.2, -0.15) is 4.98 Å². The number of aliphatic hydroxyl groups is 1. The second-order valence-electron chi connectivity index (χ2n) is 9.72. The van der Waals surface area contributed by atoms with Crippen molar-refractivity contribution in [1.82, 2.24) is 35.4 Å². The van der Waals surface area contributed by atoms with Gasteiger partial charge in [-0.1, -0.05) is 35.5 Å². The molecule has 5 aromatic rings. The molecule has 1 atom stereocenters. The Morgan fingerprint density at radius 3 is 2.58 bits per heavy atom. The molecule has 12 nitrogen and oxygen atoms in total. The van der Waals surface area contributed by atoms with E-state index in [1.54, 1.807) is 36.8 Å². The molecule has 6 rings (SSSR count). The summed E-state index contributed by atoms with van der Waals surface area (Å²) in [7, 11) is 0. The van der Waals surface area contributed by atoms with Crippen LogP contribution in [0.15, 0.2) is 77.8 Å². The van der Waals surface area contributed by atoms with Gasteiger partial charge in [0.2, 0.25) is 11.8 Å². The van der Waals surface area contributed by atoms with Gasteiger partial charge < -0.3 is 25.6 Å². The standard InChI is InChI=1S/C28H25N9O3/c1-28(2)23-19(25(39)36-28)14-31-27(34-23)33-22-12-20(32-21(15-38)16-6-4-3-5-7-16)18(13-30-22)26-35-24(37-40-26)17-8-10-29-11-9-17/h3-14,21,38H,15H2,1-2H3,(H,36,39)(H2,30,31,32,33,34)/t21-/m1/s1. The molecule has 0 fully saturated rings. The van der Waals surface area contributed by atoms with Crippen LogP contribution in [0.25, 0.3) is 22.8 Å². The van der Waals surface area contributed by atoms with E-state index in [2.05, 4.69) is 46.0 Å². The lowest BCUT2D eigenvalue weighted by Gasteiger charge is -2.20. The summed E-state index contributed by atoms with van der Waals surface area (Å²) in [6, 6.07) is 14.5. The molecule has 0 spiro atoms. The molecule has 12 heteroatoms. The lowest BCUT2D eigenvalue weighted by molar-refractivity contribution is 0.0940. The molecule has 1 aliphatic heterocycles. The Morgan fingerprint density at radius 2 is 1.80 bits per heavy atom. The third-order valence-corrected chi connectivity index (χ3v) is 6.50. The van der Waals surface area contributed by atoms with E-state index in [4.69, 9.17) is 4.52 Å². The van der Waals surface area contributed by atoms with Crippen molar-refractivity contribution >= 4 is 23.4 Å². The van der Waals surface area contributed by atoms with Crippen LogP contribution in [-0.4, -0.2) is 47.7 Å². The fraction of sp³-hybridized carbons (Fsp3) is 0.179. The Kier molecular flexibility index (Phi) is 6.36. The van der Waals surface area contributed by atoms with Crippen LogP contribution in [0, 0.1) is 0 Å². The SMILES string of the molecule is CC1(C)NC(=O)c2cnc(Nc3cc(N[C@H](CO)c4ccccc4)c(-c4nc(-c5ccncc5)no4)cn3)nc21. The Hall–Kier alpha value is -5.23. The van der Waals surface area contributed by atoms with Crippen molar-refractivity contribution in [3.63, 3.8) is 0 Å². The second-order valence-corrected chi connectivity index (χ2v) is 9.72. The molecule has 1 aromatic carbocycles. The fourth-order valence-electron chi connectivity index (χ4n) is 4.48. The van der Waals surface area contributed by atoms with E-state index in [-0.39, 0.29) is 24.4 Å². The molecule has 40 heavy (non-hydrogen) atoms. The van der Waals surface area contributed by atoms with Gasteiger partial charge in [-0.15, -0.1) is 0 Å². The zero-order chi connectivity index (χ0) is 27.7. The van der Waals surface area contributed by atoms with Crippen molar-refractivity contribution in [3.8, 4) is 22.8 Å². The number of rotatable bonds is 8. The monoisotopic (exact) mass is 535 g/mol. The van der Waals surface area contributed by atoms with Crippen LogP contribution in [0.2, 0.25) is 0 Å². The predicted molar refractivity (Wildman–Crippen MR) is 146 cm³/mol. The summed E-state index contributed by atoms with van der Waals surface area (Å²) in [6.07, 6.45) is 6.40. The Morgan fingerprint density at radius 1 is 1.02 bits per heavy atom. The first-order chi connectivity index (χ1) is 19.4. The van der Waals surface area contributed by atoms with E-state index in [0.29, 0.717) is 34.2 Å². The van der Waals surface area contributed by atoms with Crippen LogP contribution in [0.1, 0.15) is 41.5 Å². The number of aliphatic hydroxyl groups excluding tert-OH is 1. The number of carbonyl (C=O) groups excluding carboxylic acids is 1. The summed E-state index contributed by atoms with van der Waals surface area (Å²) < 4.78 is 5.60. The zero-order valence-corrected chi connectivity index (χ0v) is 21.7. The van der Waals surface area contributed by atoms with E-state index >= 15 is 0 Å². The van der Waals surface area contributed by atoms with E-state index in [9.17, 15) is 9.90 Å². The van der Waals surface area contributed by atoms with Crippen molar-refractivity contribution in [1.29, 1.82) is 0 Å². The first-order valence-corrected chi connectivity index (χ1v) is 12.6. The molecule has 1 aliphatic rings. The molecule has 0 saturated carbocycles. The fourth-order valence-corrected chi connectivity index (χ4v) is 4.48. The van der Waals surface area contributed by atoms with Crippen LogP contribution < -0.4 is 16.0 Å². The summed E-state index contributed by atoms with van der Waals surface area (Å²) in [5.41, 5.74) is 3.20. The third-order valence-electron chi connectivity index (χ3n) is 6.50. The molecule has 4 N–H and O–H groups in total. The van der Waals surface area contributed by atoms with Gasteiger partial charge in [0.25, 0.3) is 11.8 Å².